The maximum Gasteiger partial charge on any atom is 0.191 e. The molecule has 0 saturated carbocycles. The number of rotatable bonds is 4. The summed E-state index contributed by atoms with van der Waals surface area (Å²) in [7, 11) is 0. The SMILES string of the molecule is CC(C)(C)c1ccc(OCc2cccc(N=C(N)N)c2)cc1. The number of hydrogen-bond donors (Lipinski definition) is 2. The minimum absolute atomic E-state index is 0.0517. The zero-order valence-corrected chi connectivity index (χ0v) is 13.3. The first-order chi connectivity index (χ1) is 10.3. The summed E-state index contributed by atoms with van der Waals surface area (Å²) in [5.41, 5.74) is 13.9. The lowest BCUT2D eigenvalue weighted by molar-refractivity contribution is 0.306. The molecule has 0 aliphatic rings. The van der Waals surface area contributed by atoms with Gasteiger partial charge in [-0.15, -0.1) is 0 Å². The first kappa shape index (κ1) is 15.9. The molecule has 0 atom stereocenters. The van der Waals surface area contributed by atoms with E-state index in [0.29, 0.717) is 6.61 Å². The third-order valence-corrected chi connectivity index (χ3v) is 3.29. The Hall–Kier alpha value is -2.49. The van der Waals surface area contributed by atoms with Crippen molar-refractivity contribution in [3.63, 3.8) is 0 Å². The molecule has 0 unspecified atom stereocenters. The summed E-state index contributed by atoms with van der Waals surface area (Å²) < 4.78 is 5.81. The predicted molar refractivity (Wildman–Crippen MR) is 91.4 cm³/mol. The highest BCUT2D eigenvalue weighted by atomic mass is 16.5. The highest BCUT2D eigenvalue weighted by Gasteiger charge is 2.12. The Morgan fingerprint density at radius 2 is 1.73 bits per heavy atom. The van der Waals surface area contributed by atoms with E-state index in [2.05, 4.69) is 37.9 Å². The Morgan fingerprint density at radius 3 is 2.32 bits per heavy atom. The van der Waals surface area contributed by atoms with E-state index in [1.807, 2.05) is 36.4 Å². The highest BCUT2D eigenvalue weighted by Crippen LogP contribution is 2.24. The fourth-order valence-electron chi connectivity index (χ4n) is 2.08. The van der Waals surface area contributed by atoms with Crippen LogP contribution in [0.2, 0.25) is 0 Å². The molecular weight excluding hydrogens is 274 g/mol. The maximum atomic E-state index is 5.81. The van der Waals surface area contributed by atoms with Crippen LogP contribution in [0.1, 0.15) is 31.9 Å². The number of ether oxygens (including phenoxy) is 1. The molecule has 0 radical (unpaired) electrons. The Bertz CT molecular complexity index is 651. The molecule has 0 heterocycles. The summed E-state index contributed by atoms with van der Waals surface area (Å²) in [6.45, 7) is 7.05. The number of guanidine groups is 1. The Morgan fingerprint density at radius 1 is 1.05 bits per heavy atom. The summed E-state index contributed by atoms with van der Waals surface area (Å²) >= 11 is 0. The lowest BCUT2D eigenvalue weighted by atomic mass is 9.87. The van der Waals surface area contributed by atoms with Crippen molar-refractivity contribution in [1.29, 1.82) is 0 Å². The van der Waals surface area contributed by atoms with Gasteiger partial charge in [-0.05, 0) is 40.8 Å². The van der Waals surface area contributed by atoms with Crippen LogP contribution in [0.15, 0.2) is 53.5 Å². The van der Waals surface area contributed by atoms with Crippen LogP contribution < -0.4 is 16.2 Å². The molecule has 0 aromatic heterocycles. The molecular formula is C18H23N3O. The van der Waals surface area contributed by atoms with Crippen molar-refractivity contribution in [2.75, 3.05) is 0 Å². The van der Waals surface area contributed by atoms with E-state index in [-0.39, 0.29) is 11.4 Å². The normalized spacial score (nSPS) is 11.0. The molecule has 4 heteroatoms. The summed E-state index contributed by atoms with van der Waals surface area (Å²) in [4.78, 5) is 4.03. The lowest BCUT2D eigenvalue weighted by Crippen LogP contribution is -2.21. The molecule has 4 N–H and O–H groups in total. The smallest absolute Gasteiger partial charge is 0.191 e. The van der Waals surface area contributed by atoms with Crippen LogP contribution in [0.4, 0.5) is 5.69 Å². The van der Waals surface area contributed by atoms with Crippen molar-refractivity contribution in [2.45, 2.75) is 32.8 Å². The van der Waals surface area contributed by atoms with Crippen LogP contribution in [0.5, 0.6) is 5.75 Å². The zero-order valence-electron chi connectivity index (χ0n) is 13.3. The van der Waals surface area contributed by atoms with Crippen molar-refractivity contribution in [1.82, 2.24) is 0 Å². The van der Waals surface area contributed by atoms with E-state index in [1.165, 1.54) is 5.56 Å². The van der Waals surface area contributed by atoms with Crippen LogP contribution >= 0.6 is 0 Å². The van der Waals surface area contributed by atoms with Crippen molar-refractivity contribution < 1.29 is 4.74 Å². The fraction of sp³-hybridized carbons (Fsp3) is 0.278. The number of nitrogens with zero attached hydrogens (tertiary/aromatic N) is 1. The second kappa shape index (κ2) is 6.52. The quantitative estimate of drug-likeness (QED) is 0.670. The molecule has 0 aliphatic carbocycles. The molecule has 22 heavy (non-hydrogen) atoms. The molecule has 0 bridgehead atoms. The van der Waals surface area contributed by atoms with Crippen molar-refractivity contribution in [3.8, 4) is 5.75 Å². The molecule has 2 aromatic rings. The predicted octanol–water partition coefficient (Wildman–Crippen LogP) is 3.47. The molecule has 0 aliphatic heterocycles. The first-order valence-electron chi connectivity index (χ1n) is 7.26. The fourth-order valence-corrected chi connectivity index (χ4v) is 2.08. The van der Waals surface area contributed by atoms with Gasteiger partial charge in [-0.1, -0.05) is 45.0 Å². The second-order valence-electron chi connectivity index (χ2n) is 6.27. The van der Waals surface area contributed by atoms with Crippen LogP contribution in [0.3, 0.4) is 0 Å². The maximum absolute atomic E-state index is 5.81. The Kier molecular flexibility index (Phi) is 4.71. The van der Waals surface area contributed by atoms with Gasteiger partial charge in [0, 0.05) is 0 Å². The first-order valence-corrected chi connectivity index (χ1v) is 7.26. The number of nitrogens with two attached hydrogens (primary N) is 2. The minimum atomic E-state index is 0.0517. The van der Waals surface area contributed by atoms with Gasteiger partial charge in [0.2, 0.25) is 0 Å². The molecule has 2 aromatic carbocycles. The van der Waals surface area contributed by atoms with Crippen molar-refractivity contribution in [3.05, 3.63) is 59.7 Å². The standard InChI is InChI=1S/C18H23N3O/c1-18(2,3)14-7-9-16(10-8-14)22-12-13-5-4-6-15(11-13)21-17(19)20/h4-11H,12H2,1-3H3,(H4,19,20,21). The zero-order chi connectivity index (χ0) is 16.2. The third-order valence-electron chi connectivity index (χ3n) is 3.29. The van der Waals surface area contributed by atoms with Crippen molar-refractivity contribution >= 4 is 11.6 Å². The van der Waals surface area contributed by atoms with Gasteiger partial charge in [-0.3, -0.25) is 0 Å². The van der Waals surface area contributed by atoms with Gasteiger partial charge < -0.3 is 16.2 Å². The minimum Gasteiger partial charge on any atom is -0.489 e. The topological polar surface area (TPSA) is 73.6 Å². The summed E-state index contributed by atoms with van der Waals surface area (Å²) in [5.74, 6) is 0.899. The average Bonchev–Trinajstić information content (AvgIpc) is 2.44. The van der Waals surface area contributed by atoms with E-state index in [4.69, 9.17) is 16.2 Å². The van der Waals surface area contributed by atoms with Crippen LogP contribution in [-0.4, -0.2) is 5.96 Å². The van der Waals surface area contributed by atoms with Gasteiger partial charge in [0.25, 0.3) is 0 Å². The van der Waals surface area contributed by atoms with Crippen LogP contribution in [-0.2, 0) is 12.0 Å². The summed E-state index contributed by atoms with van der Waals surface area (Å²) in [6.07, 6.45) is 0. The van der Waals surface area contributed by atoms with Gasteiger partial charge in [0.1, 0.15) is 12.4 Å². The van der Waals surface area contributed by atoms with E-state index in [1.54, 1.807) is 0 Å². The van der Waals surface area contributed by atoms with Gasteiger partial charge in [0.15, 0.2) is 5.96 Å². The molecule has 0 fully saturated rings. The van der Waals surface area contributed by atoms with Gasteiger partial charge in [0.05, 0.1) is 5.69 Å². The largest absolute Gasteiger partial charge is 0.489 e. The highest BCUT2D eigenvalue weighted by molar-refractivity contribution is 5.79. The summed E-state index contributed by atoms with van der Waals surface area (Å²) in [6, 6.07) is 15.8. The molecule has 2 rings (SSSR count). The lowest BCUT2D eigenvalue weighted by Gasteiger charge is -2.19. The molecule has 0 saturated heterocycles. The summed E-state index contributed by atoms with van der Waals surface area (Å²) in [5, 5.41) is 0. The molecule has 116 valence electrons. The van der Waals surface area contributed by atoms with Crippen molar-refractivity contribution in [2.24, 2.45) is 16.5 Å². The third kappa shape index (κ3) is 4.52. The van der Waals surface area contributed by atoms with E-state index < -0.39 is 0 Å². The van der Waals surface area contributed by atoms with E-state index in [9.17, 15) is 0 Å². The molecule has 0 spiro atoms. The van der Waals surface area contributed by atoms with Crippen LogP contribution in [0, 0.1) is 0 Å². The van der Waals surface area contributed by atoms with Gasteiger partial charge in [-0.2, -0.15) is 0 Å². The Balaban J connectivity index is 2.03. The van der Waals surface area contributed by atoms with E-state index in [0.717, 1.165) is 17.0 Å². The Labute approximate surface area is 131 Å². The van der Waals surface area contributed by atoms with E-state index >= 15 is 0 Å². The van der Waals surface area contributed by atoms with Gasteiger partial charge >= 0.3 is 0 Å². The number of hydrogen-bond acceptors (Lipinski definition) is 2. The number of aliphatic imine (C=N–C) groups is 1. The second-order valence-corrected chi connectivity index (χ2v) is 6.27. The monoisotopic (exact) mass is 297 g/mol. The average molecular weight is 297 g/mol. The van der Waals surface area contributed by atoms with Gasteiger partial charge in [-0.25, -0.2) is 4.99 Å². The van der Waals surface area contributed by atoms with Crippen LogP contribution in [0.25, 0.3) is 0 Å². The molecule has 0 amide bonds. The number of benzene rings is 2. The molecule has 4 nitrogen and oxygen atoms in total.